The van der Waals surface area contributed by atoms with Gasteiger partial charge in [-0.05, 0) is 36.5 Å². The molecule has 0 unspecified atom stereocenters. The minimum atomic E-state index is 0.944. The summed E-state index contributed by atoms with van der Waals surface area (Å²) in [4.78, 5) is 1.78. The minimum absolute atomic E-state index is 0.944. The van der Waals surface area contributed by atoms with E-state index in [4.69, 9.17) is 4.74 Å². The topological polar surface area (TPSA) is 13.7 Å². The predicted molar refractivity (Wildman–Crippen MR) is 70.7 cm³/mol. The van der Waals surface area contributed by atoms with E-state index in [0.29, 0.717) is 0 Å². The molecule has 2 nitrogen and oxygen atoms in total. The van der Waals surface area contributed by atoms with Crippen LogP contribution in [-0.2, 0) is 6.42 Å². The maximum absolute atomic E-state index is 5.17. The molecule has 1 aromatic rings. The number of rotatable bonds is 4. The molecule has 0 bridgehead atoms. The van der Waals surface area contributed by atoms with Crippen LogP contribution in [0.3, 0.4) is 0 Å². The number of ether oxygens (including phenoxy) is 1. The van der Waals surface area contributed by atoms with Gasteiger partial charge in [0.1, 0.15) is 5.75 Å². The van der Waals surface area contributed by atoms with Gasteiger partial charge >= 0.3 is 0 Å². The first-order valence-electron chi connectivity index (χ1n) is 6.74. The molecule has 1 aromatic carbocycles. The van der Waals surface area contributed by atoms with Gasteiger partial charge in [-0.3, -0.25) is 0 Å². The molecular formula is C15H24NO+. The van der Waals surface area contributed by atoms with E-state index in [1.807, 2.05) is 0 Å². The van der Waals surface area contributed by atoms with Crippen molar-refractivity contribution in [1.29, 1.82) is 0 Å². The quantitative estimate of drug-likeness (QED) is 0.834. The predicted octanol–water partition coefficient (Wildman–Crippen LogP) is 1.55. The Hall–Kier alpha value is -1.02. The molecule has 2 rings (SSSR count). The molecule has 1 N–H and O–H groups in total. The zero-order valence-corrected chi connectivity index (χ0v) is 11.0. The number of nitrogens with one attached hydrogen (secondary N) is 1. The third kappa shape index (κ3) is 3.74. The summed E-state index contributed by atoms with van der Waals surface area (Å²) in [5.41, 5.74) is 1.43. The van der Waals surface area contributed by atoms with E-state index in [-0.39, 0.29) is 0 Å². The van der Waals surface area contributed by atoms with Crippen LogP contribution in [0.4, 0.5) is 0 Å². The second kappa shape index (κ2) is 6.06. The summed E-state index contributed by atoms with van der Waals surface area (Å²) in [5.74, 6) is 1.90. The highest BCUT2D eigenvalue weighted by atomic mass is 16.5. The molecule has 1 saturated heterocycles. The van der Waals surface area contributed by atoms with E-state index in [1.165, 1.54) is 44.5 Å². The van der Waals surface area contributed by atoms with Crippen LogP contribution >= 0.6 is 0 Å². The first-order valence-corrected chi connectivity index (χ1v) is 6.74. The van der Waals surface area contributed by atoms with Crippen LogP contribution < -0.4 is 9.64 Å². The average molecular weight is 234 g/mol. The monoisotopic (exact) mass is 234 g/mol. The second-order valence-corrected chi connectivity index (χ2v) is 5.28. The largest absolute Gasteiger partial charge is 0.497 e. The lowest BCUT2D eigenvalue weighted by atomic mass is 9.99. The van der Waals surface area contributed by atoms with Crippen molar-refractivity contribution < 1.29 is 9.64 Å². The summed E-state index contributed by atoms with van der Waals surface area (Å²) in [6.45, 7) is 6.37. The molecule has 0 atom stereocenters. The van der Waals surface area contributed by atoms with Crippen molar-refractivity contribution in [2.75, 3.05) is 26.7 Å². The molecule has 0 amide bonds. The van der Waals surface area contributed by atoms with Gasteiger partial charge < -0.3 is 9.64 Å². The Balaban J connectivity index is 1.77. The highest BCUT2D eigenvalue weighted by Gasteiger charge is 2.18. The Bertz CT molecular complexity index is 325. The third-order valence-electron chi connectivity index (χ3n) is 3.91. The zero-order chi connectivity index (χ0) is 12.1. The highest BCUT2D eigenvalue weighted by Crippen LogP contribution is 2.11. The smallest absolute Gasteiger partial charge is 0.118 e. The highest BCUT2D eigenvalue weighted by molar-refractivity contribution is 5.27. The summed E-state index contributed by atoms with van der Waals surface area (Å²) < 4.78 is 5.17. The Labute approximate surface area is 105 Å². The molecule has 1 aliphatic rings. The van der Waals surface area contributed by atoms with E-state index in [2.05, 4.69) is 31.2 Å². The van der Waals surface area contributed by atoms with Crippen LogP contribution in [-0.4, -0.2) is 26.7 Å². The number of hydrogen-bond acceptors (Lipinski definition) is 1. The first kappa shape index (κ1) is 12.4. The van der Waals surface area contributed by atoms with Gasteiger partial charge in [0.25, 0.3) is 0 Å². The van der Waals surface area contributed by atoms with E-state index < -0.39 is 0 Å². The van der Waals surface area contributed by atoms with E-state index >= 15 is 0 Å². The van der Waals surface area contributed by atoms with Crippen molar-refractivity contribution in [1.82, 2.24) is 0 Å². The Morgan fingerprint density at radius 1 is 1.18 bits per heavy atom. The minimum Gasteiger partial charge on any atom is -0.497 e. The number of benzene rings is 1. The van der Waals surface area contributed by atoms with Gasteiger partial charge in [0.2, 0.25) is 0 Å². The summed E-state index contributed by atoms with van der Waals surface area (Å²) in [7, 11) is 1.72. The molecule has 0 aromatic heterocycles. The number of piperidine rings is 1. The number of methoxy groups -OCH3 is 1. The summed E-state index contributed by atoms with van der Waals surface area (Å²) >= 11 is 0. The van der Waals surface area contributed by atoms with Crippen LogP contribution in [0.1, 0.15) is 25.3 Å². The normalized spacial score (nSPS) is 24.6. The molecule has 0 spiro atoms. The Kier molecular flexibility index (Phi) is 4.43. The fourth-order valence-electron chi connectivity index (χ4n) is 2.53. The SMILES string of the molecule is COc1ccc(CC[NH+]2CCC(C)CC2)cc1. The second-order valence-electron chi connectivity index (χ2n) is 5.28. The van der Waals surface area contributed by atoms with Crippen LogP contribution in [0, 0.1) is 5.92 Å². The maximum Gasteiger partial charge on any atom is 0.118 e. The van der Waals surface area contributed by atoms with Gasteiger partial charge in [0, 0.05) is 6.42 Å². The summed E-state index contributed by atoms with van der Waals surface area (Å²) in [6.07, 6.45) is 3.99. The Morgan fingerprint density at radius 2 is 1.82 bits per heavy atom. The number of hydrogen-bond donors (Lipinski definition) is 1. The van der Waals surface area contributed by atoms with Crippen LogP contribution in [0.5, 0.6) is 5.75 Å². The standard InChI is InChI=1S/C15H23NO/c1-13-7-10-16(11-8-13)12-9-14-3-5-15(17-2)6-4-14/h3-6,13H,7-12H2,1-2H3/p+1. The maximum atomic E-state index is 5.17. The van der Waals surface area contributed by atoms with Crippen molar-refractivity contribution in [2.24, 2.45) is 5.92 Å². The van der Waals surface area contributed by atoms with Crippen molar-refractivity contribution in [3.8, 4) is 5.75 Å². The van der Waals surface area contributed by atoms with Gasteiger partial charge in [0.15, 0.2) is 0 Å². The summed E-state index contributed by atoms with van der Waals surface area (Å²) in [5, 5.41) is 0. The van der Waals surface area contributed by atoms with E-state index in [9.17, 15) is 0 Å². The van der Waals surface area contributed by atoms with Crippen molar-refractivity contribution in [3.63, 3.8) is 0 Å². The van der Waals surface area contributed by atoms with Crippen molar-refractivity contribution in [3.05, 3.63) is 29.8 Å². The van der Waals surface area contributed by atoms with Gasteiger partial charge in [-0.15, -0.1) is 0 Å². The zero-order valence-electron chi connectivity index (χ0n) is 11.0. The molecule has 1 fully saturated rings. The van der Waals surface area contributed by atoms with Gasteiger partial charge in [0.05, 0.1) is 26.7 Å². The molecule has 0 radical (unpaired) electrons. The first-order chi connectivity index (χ1) is 8.28. The molecule has 1 aliphatic heterocycles. The van der Waals surface area contributed by atoms with Gasteiger partial charge in [-0.2, -0.15) is 0 Å². The molecule has 17 heavy (non-hydrogen) atoms. The summed E-state index contributed by atoms with van der Waals surface area (Å²) in [6, 6.07) is 8.49. The molecule has 94 valence electrons. The molecule has 1 heterocycles. The van der Waals surface area contributed by atoms with Crippen LogP contribution in [0.15, 0.2) is 24.3 Å². The molecule has 0 aliphatic carbocycles. The Morgan fingerprint density at radius 3 is 2.41 bits per heavy atom. The fourth-order valence-corrected chi connectivity index (χ4v) is 2.53. The lowest BCUT2D eigenvalue weighted by molar-refractivity contribution is -0.905. The third-order valence-corrected chi connectivity index (χ3v) is 3.91. The molecule has 2 heteroatoms. The molecule has 0 saturated carbocycles. The number of likely N-dealkylation sites (tertiary alicyclic amines) is 1. The van der Waals surface area contributed by atoms with Crippen LogP contribution in [0.25, 0.3) is 0 Å². The average Bonchev–Trinajstić information content (AvgIpc) is 2.39. The molecular weight excluding hydrogens is 210 g/mol. The van der Waals surface area contributed by atoms with Crippen LogP contribution in [0.2, 0.25) is 0 Å². The fraction of sp³-hybridized carbons (Fsp3) is 0.600. The van der Waals surface area contributed by atoms with E-state index in [0.717, 1.165) is 11.7 Å². The van der Waals surface area contributed by atoms with E-state index in [1.54, 1.807) is 12.0 Å². The lowest BCUT2D eigenvalue weighted by Gasteiger charge is -2.27. The van der Waals surface area contributed by atoms with Gasteiger partial charge in [-0.25, -0.2) is 0 Å². The lowest BCUT2D eigenvalue weighted by Crippen LogP contribution is -3.13. The van der Waals surface area contributed by atoms with Crippen molar-refractivity contribution >= 4 is 0 Å². The van der Waals surface area contributed by atoms with Crippen molar-refractivity contribution in [2.45, 2.75) is 26.2 Å². The number of quaternary nitrogens is 1. The van der Waals surface area contributed by atoms with Gasteiger partial charge in [-0.1, -0.05) is 19.1 Å².